The molecule has 0 amide bonds. The Morgan fingerprint density at radius 2 is 2.00 bits per heavy atom. The number of hydrogen-bond donors (Lipinski definition) is 1. The first-order valence-corrected chi connectivity index (χ1v) is 5.51. The first kappa shape index (κ1) is 12.0. The number of carboxylic acids is 1. The molecule has 2 aromatic rings. The molecule has 5 heteroatoms. The number of carbonyl (C=O) groups is 2. The van der Waals surface area contributed by atoms with Gasteiger partial charge in [0.25, 0.3) is 0 Å². The van der Waals surface area contributed by atoms with E-state index < -0.39 is 5.97 Å². The summed E-state index contributed by atoms with van der Waals surface area (Å²) < 4.78 is 1.73. The smallest absolute Gasteiger partial charge is 0.303 e. The van der Waals surface area contributed by atoms with Crippen LogP contribution < -0.4 is 0 Å². The number of ketones is 1. The molecular weight excluding hydrogens is 232 g/mol. The van der Waals surface area contributed by atoms with E-state index in [1.54, 1.807) is 41.5 Å². The maximum Gasteiger partial charge on any atom is 0.303 e. The Bertz CT molecular complexity index is 561. The Morgan fingerprint density at radius 3 is 2.67 bits per heavy atom. The molecule has 5 nitrogen and oxygen atoms in total. The normalized spacial score (nSPS) is 10.2. The van der Waals surface area contributed by atoms with Crippen LogP contribution in [0.5, 0.6) is 0 Å². The highest BCUT2D eigenvalue weighted by atomic mass is 16.4. The molecule has 0 aliphatic heterocycles. The summed E-state index contributed by atoms with van der Waals surface area (Å²) in [6.07, 6.45) is 4.81. The molecule has 1 heterocycles. The number of rotatable bonds is 5. The van der Waals surface area contributed by atoms with Gasteiger partial charge < -0.3 is 9.67 Å². The van der Waals surface area contributed by atoms with Gasteiger partial charge in [-0.25, -0.2) is 4.98 Å². The van der Waals surface area contributed by atoms with E-state index in [9.17, 15) is 9.59 Å². The topological polar surface area (TPSA) is 72.2 Å². The van der Waals surface area contributed by atoms with E-state index in [1.165, 1.54) is 0 Å². The quantitative estimate of drug-likeness (QED) is 0.815. The summed E-state index contributed by atoms with van der Waals surface area (Å²) in [6, 6.07) is 7.08. The van der Waals surface area contributed by atoms with Gasteiger partial charge >= 0.3 is 5.97 Å². The van der Waals surface area contributed by atoms with Gasteiger partial charge in [-0.05, 0) is 12.1 Å². The summed E-state index contributed by atoms with van der Waals surface area (Å²) in [5.74, 6) is -1.15. The van der Waals surface area contributed by atoms with Crippen molar-refractivity contribution in [2.24, 2.45) is 0 Å². The molecule has 1 N–H and O–H groups in total. The second-order valence-electron chi connectivity index (χ2n) is 3.80. The second-order valence-corrected chi connectivity index (χ2v) is 3.80. The molecule has 0 spiro atoms. The van der Waals surface area contributed by atoms with E-state index in [2.05, 4.69) is 4.98 Å². The molecule has 0 radical (unpaired) electrons. The van der Waals surface area contributed by atoms with Crippen LogP contribution in [0.2, 0.25) is 0 Å². The summed E-state index contributed by atoms with van der Waals surface area (Å²) in [7, 11) is 0. The fraction of sp³-hybridized carbons (Fsp3) is 0.154. The molecule has 0 fully saturated rings. The van der Waals surface area contributed by atoms with Crippen LogP contribution in [0, 0.1) is 0 Å². The van der Waals surface area contributed by atoms with E-state index in [0.29, 0.717) is 11.3 Å². The highest BCUT2D eigenvalue weighted by Gasteiger charge is 2.13. The zero-order chi connectivity index (χ0) is 13.0. The fourth-order valence-corrected chi connectivity index (χ4v) is 1.69. The van der Waals surface area contributed by atoms with E-state index >= 15 is 0 Å². The summed E-state index contributed by atoms with van der Waals surface area (Å²) in [5.41, 5.74) is 1.22. The van der Waals surface area contributed by atoms with Gasteiger partial charge in [0.05, 0.1) is 18.4 Å². The van der Waals surface area contributed by atoms with Crippen LogP contribution in [-0.4, -0.2) is 26.4 Å². The number of imidazole rings is 1. The van der Waals surface area contributed by atoms with Crippen LogP contribution in [0.1, 0.15) is 23.2 Å². The van der Waals surface area contributed by atoms with Gasteiger partial charge in [-0.15, -0.1) is 0 Å². The first-order chi connectivity index (χ1) is 8.68. The van der Waals surface area contributed by atoms with Gasteiger partial charge in [-0.3, -0.25) is 9.59 Å². The van der Waals surface area contributed by atoms with Gasteiger partial charge in [0.15, 0.2) is 5.78 Å². The predicted molar refractivity (Wildman–Crippen MR) is 64.8 cm³/mol. The number of aliphatic carboxylic acids is 1. The lowest BCUT2D eigenvalue weighted by atomic mass is 10.0. The average Bonchev–Trinajstić information content (AvgIpc) is 2.89. The number of hydrogen-bond acceptors (Lipinski definition) is 3. The Kier molecular flexibility index (Phi) is 3.52. The number of aromatic nitrogens is 2. The number of carboxylic acid groups (broad SMARTS) is 1. The SMILES string of the molecule is O=C(O)CCC(=O)c1ccccc1-n1ccnc1. The number of nitrogens with zero attached hydrogens (tertiary/aromatic N) is 2. The lowest BCUT2D eigenvalue weighted by Gasteiger charge is -2.08. The number of para-hydroxylation sites is 1. The van der Waals surface area contributed by atoms with Crippen LogP contribution in [0.4, 0.5) is 0 Å². The number of benzene rings is 1. The largest absolute Gasteiger partial charge is 0.481 e. The molecule has 0 aliphatic rings. The molecular formula is C13H12N2O3. The van der Waals surface area contributed by atoms with Crippen LogP contribution >= 0.6 is 0 Å². The fourth-order valence-electron chi connectivity index (χ4n) is 1.69. The van der Waals surface area contributed by atoms with Gasteiger partial charge in [0, 0.05) is 24.4 Å². The van der Waals surface area contributed by atoms with Crippen LogP contribution in [0.3, 0.4) is 0 Å². The Balaban J connectivity index is 2.28. The van der Waals surface area contributed by atoms with Crippen LogP contribution in [-0.2, 0) is 4.79 Å². The van der Waals surface area contributed by atoms with E-state index in [-0.39, 0.29) is 18.6 Å². The number of carbonyl (C=O) groups excluding carboxylic acids is 1. The second kappa shape index (κ2) is 5.27. The van der Waals surface area contributed by atoms with E-state index in [1.807, 2.05) is 6.07 Å². The lowest BCUT2D eigenvalue weighted by Crippen LogP contribution is -2.07. The molecule has 0 saturated heterocycles. The van der Waals surface area contributed by atoms with Crippen molar-refractivity contribution in [3.8, 4) is 5.69 Å². The van der Waals surface area contributed by atoms with Crippen molar-refractivity contribution >= 4 is 11.8 Å². The molecule has 1 aromatic heterocycles. The first-order valence-electron chi connectivity index (χ1n) is 5.51. The molecule has 92 valence electrons. The summed E-state index contributed by atoms with van der Waals surface area (Å²) >= 11 is 0. The summed E-state index contributed by atoms with van der Waals surface area (Å²) in [5, 5.41) is 8.60. The maximum atomic E-state index is 12.0. The van der Waals surface area contributed by atoms with Gasteiger partial charge in [-0.2, -0.15) is 0 Å². The molecule has 0 bridgehead atoms. The lowest BCUT2D eigenvalue weighted by molar-refractivity contribution is -0.136. The molecule has 0 saturated carbocycles. The molecule has 0 unspecified atom stereocenters. The number of Topliss-reactive ketones (excluding diaryl/α,β-unsaturated/α-hetero) is 1. The van der Waals surface area contributed by atoms with Crippen molar-refractivity contribution in [1.82, 2.24) is 9.55 Å². The highest BCUT2D eigenvalue weighted by molar-refractivity contribution is 6.00. The maximum absolute atomic E-state index is 12.0. The Morgan fingerprint density at radius 1 is 1.22 bits per heavy atom. The van der Waals surface area contributed by atoms with Gasteiger partial charge in [0.2, 0.25) is 0 Å². The third-order valence-corrected chi connectivity index (χ3v) is 2.55. The molecule has 2 rings (SSSR count). The zero-order valence-electron chi connectivity index (χ0n) is 9.61. The standard InChI is InChI=1S/C13H12N2O3/c16-12(5-6-13(17)18)10-3-1-2-4-11(10)15-8-7-14-9-15/h1-4,7-9H,5-6H2,(H,17,18). The minimum absolute atomic E-state index is 0.00104. The third kappa shape index (κ3) is 2.63. The monoisotopic (exact) mass is 244 g/mol. The molecule has 0 atom stereocenters. The third-order valence-electron chi connectivity index (χ3n) is 2.55. The molecule has 1 aromatic carbocycles. The van der Waals surface area contributed by atoms with Crippen LogP contribution in [0.25, 0.3) is 5.69 Å². The van der Waals surface area contributed by atoms with Crippen molar-refractivity contribution in [2.45, 2.75) is 12.8 Å². The summed E-state index contributed by atoms with van der Waals surface area (Å²) in [6.45, 7) is 0. The Labute approximate surface area is 104 Å². The zero-order valence-corrected chi connectivity index (χ0v) is 9.61. The van der Waals surface area contributed by atoms with E-state index in [0.717, 1.165) is 0 Å². The van der Waals surface area contributed by atoms with Crippen molar-refractivity contribution in [1.29, 1.82) is 0 Å². The van der Waals surface area contributed by atoms with Crippen molar-refractivity contribution in [2.75, 3.05) is 0 Å². The Hall–Kier alpha value is -2.43. The van der Waals surface area contributed by atoms with Crippen LogP contribution in [0.15, 0.2) is 43.0 Å². The van der Waals surface area contributed by atoms with Crippen molar-refractivity contribution in [3.05, 3.63) is 48.5 Å². The van der Waals surface area contributed by atoms with Gasteiger partial charge in [-0.1, -0.05) is 12.1 Å². The van der Waals surface area contributed by atoms with Gasteiger partial charge in [0.1, 0.15) is 0 Å². The predicted octanol–water partition coefficient (Wildman–Crippen LogP) is 1.92. The molecule has 0 aliphatic carbocycles. The average molecular weight is 244 g/mol. The van der Waals surface area contributed by atoms with Crippen molar-refractivity contribution in [3.63, 3.8) is 0 Å². The molecule has 18 heavy (non-hydrogen) atoms. The minimum Gasteiger partial charge on any atom is -0.481 e. The van der Waals surface area contributed by atoms with E-state index in [4.69, 9.17) is 5.11 Å². The van der Waals surface area contributed by atoms with Crippen molar-refractivity contribution < 1.29 is 14.7 Å². The minimum atomic E-state index is -0.969. The summed E-state index contributed by atoms with van der Waals surface area (Å²) in [4.78, 5) is 26.4. The highest BCUT2D eigenvalue weighted by Crippen LogP contribution is 2.16.